The molecule has 0 spiro atoms. The van der Waals surface area contributed by atoms with Crippen molar-refractivity contribution in [3.63, 3.8) is 0 Å². The molecule has 0 saturated heterocycles. The number of likely N-dealkylation sites (N-methyl/N-ethyl adjacent to an activating group) is 1. The van der Waals surface area contributed by atoms with Gasteiger partial charge in [0.05, 0.1) is 21.1 Å². The van der Waals surface area contributed by atoms with Gasteiger partial charge in [-0.3, -0.25) is 4.57 Å². The number of hydrogen-bond donors (Lipinski definition) is 4. The highest BCUT2D eigenvalue weighted by Crippen LogP contribution is 2.56. The smallest absolute Gasteiger partial charge is 0.400 e. The van der Waals surface area contributed by atoms with Crippen LogP contribution in [0.25, 0.3) is 0 Å². The molecule has 0 radical (unpaired) electrons. The SMILES string of the molecule is C=CC(O)C(C(=O)O)([N+](C)(C)C)P(=O)(O)O. The van der Waals surface area contributed by atoms with Crippen LogP contribution in [0, 0.1) is 0 Å². The molecule has 0 bridgehead atoms. The molecule has 0 aliphatic rings. The van der Waals surface area contributed by atoms with Crippen LogP contribution in [0.1, 0.15) is 0 Å². The van der Waals surface area contributed by atoms with E-state index >= 15 is 0 Å². The molecule has 2 atom stereocenters. The van der Waals surface area contributed by atoms with Crippen molar-refractivity contribution in [3.05, 3.63) is 12.7 Å². The molecule has 4 N–H and O–H groups in total. The molecule has 0 aromatic rings. The van der Waals surface area contributed by atoms with Crippen molar-refractivity contribution in [2.45, 2.75) is 11.4 Å². The fourth-order valence-corrected chi connectivity index (χ4v) is 3.14. The van der Waals surface area contributed by atoms with Gasteiger partial charge in [0.25, 0.3) is 0 Å². The summed E-state index contributed by atoms with van der Waals surface area (Å²) in [6.45, 7) is 3.17. The molecule has 0 aliphatic heterocycles. The fraction of sp³-hybridized carbons (Fsp3) is 0.625. The molecule has 8 heteroatoms. The van der Waals surface area contributed by atoms with E-state index in [9.17, 15) is 24.3 Å². The fourth-order valence-electron chi connectivity index (χ4n) is 1.66. The average Bonchev–Trinajstić information content (AvgIpc) is 1.98. The second-order valence-corrected chi connectivity index (χ2v) is 6.04. The number of aliphatic carboxylic acids is 1. The summed E-state index contributed by atoms with van der Waals surface area (Å²) in [6, 6.07) is 0. The second kappa shape index (κ2) is 4.27. The van der Waals surface area contributed by atoms with Crippen LogP contribution in [0.5, 0.6) is 0 Å². The van der Waals surface area contributed by atoms with Crippen LogP contribution in [-0.2, 0) is 9.36 Å². The number of carboxylic acids is 1. The van der Waals surface area contributed by atoms with Gasteiger partial charge in [0.2, 0.25) is 0 Å². The summed E-state index contributed by atoms with van der Waals surface area (Å²) in [5.41, 5.74) is 0. The molecular weight excluding hydrogens is 237 g/mol. The molecule has 0 amide bonds. The van der Waals surface area contributed by atoms with Gasteiger partial charge in [-0.05, 0) is 0 Å². The molecule has 0 saturated carbocycles. The van der Waals surface area contributed by atoms with E-state index < -0.39 is 29.4 Å². The number of aliphatic hydroxyl groups is 1. The molecule has 7 nitrogen and oxygen atoms in total. The van der Waals surface area contributed by atoms with Gasteiger partial charge in [0, 0.05) is 0 Å². The van der Waals surface area contributed by atoms with Gasteiger partial charge in [0.1, 0.15) is 6.10 Å². The van der Waals surface area contributed by atoms with E-state index in [2.05, 4.69) is 6.58 Å². The zero-order valence-electron chi connectivity index (χ0n) is 9.36. The average molecular weight is 254 g/mol. The topological polar surface area (TPSA) is 115 Å². The molecule has 0 fully saturated rings. The summed E-state index contributed by atoms with van der Waals surface area (Å²) in [7, 11) is -1.27. The summed E-state index contributed by atoms with van der Waals surface area (Å²) in [5.74, 6) is -1.78. The molecular formula is C8H17NO6P+. The third kappa shape index (κ3) is 2.05. The van der Waals surface area contributed by atoms with Gasteiger partial charge >= 0.3 is 18.8 Å². The number of carboxylic acid groups (broad SMARTS) is 1. The van der Waals surface area contributed by atoms with Gasteiger partial charge in [-0.1, -0.05) is 6.08 Å². The Morgan fingerprint density at radius 1 is 1.44 bits per heavy atom. The minimum absolute atomic E-state index is 0.639. The number of carbonyl (C=O) groups is 1. The minimum Gasteiger partial charge on any atom is -0.476 e. The van der Waals surface area contributed by atoms with Gasteiger partial charge in [-0.15, -0.1) is 6.58 Å². The standard InChI is InChI=1S/C8H16NO6P/c1-5-6(10)8(7(11)12,9(2,3)4)16(13,14)15/h5-6,10H,1H2,2-4H3,(H2-,11,12,13,14,15)/p+1. The molecule has 2 unspecified atom stereocenters. The number of aliphatic hydroxyl groups excluding tert-OH is 1. The predicted octanol–water partition coefficient (Wildman–Crippen LogP) is -0.802. The van der Waals surface area contributed by atoms with Crippen molar-refractivity contribution < 1.29 is 33.8 Å². The lowest BCUT2D eigenvalue weighted by Crippen LogP contribution is -2.67. The highest BCUT2D eigenvalue weighted by molar-refractivity contribution is 7.54. The Kier molecular flexibility index (Phi) is 4.08. The third-order valence-corrected chi connectivity index (χ3v) is 4.36. The third-order valence-electron chi connectivity index (χ3n) is 2.42. The van der Waals surface area contributed by atoms with Crippen LogP contribution in [0.4, 0.5) is 0 Å². The van der Waals surface area contributed by atoms with Crippen molar-refractivity contribution in [3.8, 4) is 0 Å². The van der Waals surface area contributed by atoms with E-state index in [0.29, 0.717) is 0 Å². The van der Waals surface area contributed by atoms with Gasteiger partial charge in [-0.25, -0.2) is 4.79 Å². The Hall–Kier alpha value is -0.720. The number of hydrogen-bond acceptors (Lipinski definition) is 3. The minimum atomic E-state index is -5.11. The van der Waals surface area contributed by atoms with E-state index in [0.717, 1.165) is 6.08 Å². The van der Waals surface area contributed by atoms with Crippen LogP contribution in [-0.4, -0.2) is 63.0 Å². The van der Waals surface area contributed by atoms with E-state index in [-0.39, 0.29) is 0 Å². The van der Waals surface area contributed by atoms with Crippen LogP contribution in [0.2, 0.25) is 0 Å². The first-order chi connectivity index (χ1) is 6.92. The number of rotatable bonds is 5. The summed E-state index contributed by atoms with van der Waals surface area (Å²) in [5, 5.41) is 16.0. The summed E-state index contributed by atoms with van der Waals surface area (Å²) >= 11 is 0. The van der Waals surface area contributed by atoms with Crippen molar-refractivity contribution in [2.24, 2.45) is 0 Å². The Balaban J connectivity index is 6.14. The quantitative estimate of drug-likeness (QED) is 0.290. The highest BCUT2D eigenvalue weighted by Gasteiger charge is 2.68. The first-order valence-corrected chi connectivity index (χ1v) is 5.95. The van der Waals surface area contributed by atoms with Crippen molar-refractivity contribution in [2.75, 3.05) is 21.1 Å². The summed E-state index contributed by atoms with van der Waals surface area (Å²) in [4.78, 5) is 29.7. The maximum absolute atomic E-state index is 11.4. The van der Waals surface area contributed by atoms with Crippen LogP contribution < -0.4 is 0 Å². The lowest BCUT2D eigenvalue weighted by Gasteiger charge is -2.43. The molecule has 0 rings (SSSR count). The Morgan fingerprint density at radius 2 is 1.81 bits per heavy atom. The number of quaternary nitrogens is 1. The lowest BCUT2D eigenvalue weighted by molar-refractivity contribution is -0.902. The van der Waals surface area contributed by atoms with Crippen LogP contribution >= 0.6 is 7.60 Å². The molecule has 0 heterocycles. The van der Waals surface area contributed by atoms with Crippen molar-refractivity contribution in [1.29, 1.82) is 0 Å². The molecule has 0 aliphatic carbocycles. The van der Waals surface area contributed by atoms with Crippen molar-refractivity contribution >= 4 is 13.6 Å². The Morgan fingerprint density at radius 3 is 1.88 bits per heavy atom. The van der Waals surface area contributed by atoms with Gasteiger partial charge < -0.3 is 24.5 Å². The molecule has 94 valence electrons. The van der Waals surface area contributed by atoms with E-state index in [1.54, 1.807) is 0 Å². The van der Waals surface area contributed by atoms with Crippen molar-refractivity contribution in [1.82, 2.24) is 0 Å². The zero-order valence-corrected chi connectivity index (χ0v) is 10.3. The maximum atomic E-state index is 11.4. The maximum Gasteiger partial charge on any atom is 0.400 e. The second-order valence-electron chi connectivity index (χ2n) is 4.27. The van der Waals surface area contributed by atoms with Crippen LogP contribution in [0.15, 0.2) is 12.7 Å². The summed E-state index contributed by atoms with van der Waals surface area (Å²) < 4.78 is 10.8. The molecule has 16 heavy (non-hydrogen) atoms. The first-order valence-electron chi connectivity index (χ1n) is 4.34. The van der Waals surface area contributed by atoms with E-state index in [1.165, 1.54) is 21.1 Å². The largest absolute Gasteiger partial charge is 0.476 e. The van der Waals surface area contributed by atoms with Crippen LogP contribution in [0.3, 0.4) is 0 Å². The first kappa shape index (κ1) is 15.3. The van der Waals surface area contributed by atoms with Gasteiger partial charge in [-0.2, -0.15) is 0 Å². The molecule has 0 aromatic carbocycles. The van der Waals surface area contributed by atoms with E-state index in [4.69, 9.17) is 5.11 Å². The summed E-state index contributed by atoms with van der Waals surface area (Å²) in [6.07, 6.45) is -1.07. The number of nitrogens with zero attached hydrogens (tertiary/aromatic N) is 1. The Labute approximate surface area is 93.4 Å². The molecule has 0 aromatic heterocycles. The van der Waals surface area contributed by atoms with E-state index in [1.807, 2.05) is 0 Å². The Bertz CT molecular complexity index is 343. The zero-order chi connectivity index (χ0) is 13.4. The predicted molar refractivity (Wildman–Crippen MR) is 56.6 cm³/mol. The highest BCUT2D eigenvalue weighted by atomic mass is 31.2. The normalized spacial score (nSPS) is 18.6. The lowest BCUT2D eigenvalue weighted by atomic mass is 10.1. The van der Waals surface area contributed by atoms with Gasteiger partial charge in [0.15, 0.2) is 0 Å². The monoisotopic (exact) mass is 254 g/mol.